The first-order valence-electron chi connectivity index (χ1n) is 20.6. The van der Waals surface area contributed by atoms with Crippen LogP contribution in [0, 0.1) is 0 Å². The third-order valence-electron chi connectivity index (χ3n) is 13.0. The van der Waals surface area contributed by atoms with Gasteiger partial charge in [-0.05, 0) is 97.7 Å². The van der Waals surface area contributed by atoms with Gasteiger partial charge in [0.15, 0.2) is 5.82 Å². The van der Waals surface area contributed by atoms with Gasteiger partial charge in [-0.2, -0.15) is 0 Å². The third kappa shape index (κ3) is 4.24. The Labute approximate surface area is 343 Å². The van der Waals surface area contributed by atoms with Crippen molar-refractivity contribution >= 4 is 87.0 Å². The molecule has 0 saturated carbocycles. The molecular weight excluding hydrogens is 729 g/mol. The lowest BCUT2D eigenvalue weighted by molar-refractivity contribution is 1.08. The standard InChI is InChI=1S/C56H32N4/c1-2-13-37-33(12-1)25-27-46-40-16-5-9-22-50(40)59(55(37)46)36-26-24-34-32-52-47(31-35(34)30-36)41-17-6-10-23-51(41)60(52)56-54(57-48-20-7-8-21-49(48)58-56)45-29-28-44-39-15-4-3-14-38(39)42-18-11-19-43(45)53(42)44/h1-32H. The quantitative estimate of drug-likeness (QED) is 0.180. The normalized spacial score (nSPS) is 12.3. The first-order chi connectivity index (χ1) is 29.8. The smallest absolute Gasteiger partial charge is 0.165 e. The summed E-state index contributed by atoms with van der Waals surface area (Å²) < 4.78 is 4.80. The van der Waals surface area contributed by atoms with Gasteiger partial charge in [-0.25, -0.2) is 9.97 Å². The highest BCUT2D eigenvalue weighted by Gasteiger charge is 2.26. The minimum absolute atomic E-state index is 0.823. The molecule has 3 aromatic heterocycles. The summed E-state index contributed by atoms with van der Waals surface area (Å²) in [5.41, 5.74) is 14.6. The van der Waals surface area contributed by atoms with Crippen molar-refractivity contribution in [2.45, 2.75) is 0 Å². The fourth-order valence-corrected chi connectivity index (χ4v) is 10.4. The summed E-state index contributed by atoms with van der Waals surface area (Å²) in [6.07, 6.45) is 0. The van der Waals surface area contributed by atoms with Gasteiger partial charge in [0, 0.05) is 38.2 Å². The Balaban J connectivity index is 1.04. The van der Waals surface area contributed by atoms with Crippen molar-refractivity contribution in [1.82, 2.24) is 19.1 Å². The van der Waals surface area contributed by atoms with Crippen LogP contribution in [0.3, 0.4) is 0 Å². The highest BCUT2D eigenvalue weighted by atomic mass is 15.1. The van der Waals surface area contributed by atoms with Crippen LogP contribution in [0.15, 0.2) is 194 Å². The van der Waals surface area contributed by atoms with E-state index in [-0.39, 0.29) is 0 Å². The Hall–Kier alpha value is -8.08. The van der Waals surface area contributed by atoms with Gasteiger partial charge in [0.25, 0.3) is 0 Å². The Morgan fingerprint density at radius 1 is 0.317 bits per heavy atom. The molecule has 0 radical (unpaired) electrons. The molecular formula is C56H32N4. The summed E-state index contributed by atoms with van der Waals surface area (Å²) in [6, 6.07) is 70.6. The molecule has 4 heteroatoms. The first kappa shape index (κ1) is 31.9. The molecule has 0 unspecified atom stereocenters. The number of hydrogen-bond donors (Lipinski definition) is 0. The fraction of sp³-hybridized carbons (Fsp3) is 0. The van der Waals surface area contributed by atoms with E-state index in [1.165, 1.54) is 87.1 Å². The maximum atomic E-state index is 5.51. The van der Waals surface area contributed by atoms with Crippen LogP contribution in [-0.2, 0) is 0 Å². The number of hydrogen-bond acceptors (Lipinski definition) is 2. The van der Waals surface area contributed by atoms with Crippen LogP contribution < -0.4 is 0 Å². The number of para-hydroxylation sites is 4. The van der Waals surface area contributed by atoms with Gasteiger partial charge < -0.3 is 4.57 Å². The number of aromatic nitrogens is 4. The molecule has 0 amide bonds. The lowest BCUT2D eigenvalue weighted by atomic mass is 9.96. The van der Waals surface area contributed by atoms with Crippen molar-refractivity contribution in [3.63, 3.8) is 0 Å². The summed E-state index contributed by atoms with van der Waals surface area (Å²) in [6.45, 7) is 0. The van der Waals surface area contributed by atoms with Crippen LogP contribution in [0.25, 0.3) is 132 Å². The number of nitrogens with zero attached hydrogens (tertiary/aromatic N) is 4. The Bertz CT molecular complexity index is 3990. The third-order valence-corrected chi connectivity index (χ3v) is 13.0. The second kappa shape index (κ2) is 11.8. The molecule has 276 valence electrons. The zero-order valence-electron chi connectivity index (χ0n) is 32.3. The fourth-order valence-electron chi connectivity index (χ4n) is 10.4. The zero-order valence-corrected chi connectivity index (χ0v) is 32.3. The van der Waals surface area contributed by atoms with Crippen molar-refractivity contribution in [3.8, 4) is 45.0 Å². The number of benzene rings is 10. The van der Waals surface area contributed by atoms with Crippen LogP contribution in [0.5, 0.6) is 0 Å². The molecule has 1 aliphatic carbocycles. The molecule has 60 heavy (non-hydrogen) atoms. The molecule has 1 aliphatic rings. The van der Waals surface area contributed by atoms with E-state index in [0.717, 1.165) is 44.8 Å². The first-order valence-corrected chi connectivity index (χ1v) is 20.6. The van der Waals surface area contributed by atoms with Gasteiger partial charge in [0.2, 0.25) is 0 Å². The van der Waals surface area contributed by atoms with Crippen LogP contribution in [-0.4, -0.2) is 19.1 Å². The SMILES string of the molecule is c1ccc2c(c1)-c1cccc3c(-c4nc5ccccc5nc4-n4c5ccccc5c5cc6cc(-n7c8ccccc8c8ccc9ccccc9c87)ccc6cc54)ccc-2c13. The van der Waals surface area contributed by atoms with E-state index in [2.05, 4.69) is 191 Å². The van der Waals surface area contributed by atoms with Crippen molar-refractivity contribution in [1.29, 1.82) is 0 Å². The molecule has 0 saturated heterocycles. The van der Waals surface area contributed by atoms with E-state index < -0.39 is 0 Å². The number of fused-ring (bicyclic) bond motifs is 13. The van der Waals surface area contributed by atoms with E-state index in [1.807, 2.05) is 12.1 Å². The predicted octanol–water partition coefficient (Wildman–Crippen LogP) is 14.6. The Morgan fingerprint density at radius 3 is 1.77 bits per heavy atom. The second-order valence-corrected chi connectivity index (χ2v) is 16.1. The minimum Gasteiger partial charge on any atom is -0.309 e. The lowest BCUT2D eigenvalue weighted by Crippen LogP contribution is -2.04. The molecule has 0 fully saturated rings. The monoisotopic (exact) mass is 760 g/mol. The van der Waals surface area contributed by atoms with Gasteiger partial charge >= 0.3 is 0 Å². The van der Waals surface area contributed by atoms with Gasteiger partial charge in [-0.1, -0.05) is 146 Å². The van der Waals surface area contributed by atoms with Gasteiger partial charge in [0.05, 0.1) is 33.1 Å². The average molecular weight is 761 g/mol. The second-order valence-electron chi connectivity index (χ2n) is 16.1. The molecule has 0 bridgehead atoms. The topological polar surface area (TPSA) is 35.6 Å². The van der Waals surface area contributed by atoms with Gasteiger partial charge in [0.1, 0.15) is 5.69 Å². The van der Waals surface area contributed by atoms with Crippen molar-refractivity contribution in [3.05, 3.63) is 194 Å². The maximum Gasteiger partial charge on any atom is 0.165 e. The van der Waals surface area contributed by atoms with Crippen LogP contribution >= 0.6 is 0 Å². The molecule has 14 rings (SSSR count). The summed E-state index contributed by atoms with van der Waals surface area (Å²) in [5, 5.41) is 12.2. The van der Waals surface area contributed by atoms with Gasteiger partial charge in [-0.15, -0.1) is 0 Å². The predicted molar refractivity (Wildman–Crippen MR) is 251 cm³/mol. The maximum absolute atomic E-state index is 5.51. The van der Waals surface area contributed by atoms with Crippen LogP contribution in [0.4, 0.5) is 0 Å². The van der Waals surface area contributed by atoms with E-state index >= 15 is 0 Å². The van der Waals surface area contributed by atoms with E-state index in [9.17, 15) is 0 Å². The highest BCUT2D eigenvalue weighted by Crippen LogP contribution is 2.50. The van der Waals surface area contributed by atoms with E-state index in [1.54, 1.807) is 0 Å². The molecule has 0 atom stereocenters. The molecule has 0 spiro atoms. The summed E-state index contributed by atoms with van der Waals surface area (Å²) in [5.74, 6) is 0.823. The van der Waals surface area contributed by atoms with Crippen molar-refractivity contribution in [2.75, 3.05) is 0 Å². The van der Waals surface area contributed by atoms with Crippen molar-refractivity contribution in [2.24, 2.45) is 0 Å². The molecule has 0 aliphatic heterocycles. The van der Waals surface area contributed by atoms with E-state index in [4.69, 9.17) is 9.97 Å². The van der Waals surface area contributed by atoms with E-state index in [0.29, 0.717) is 0 Å². The molecule has 13 aromatic rings. The molecule has 0 N–H and O–H groups in total. The molecule has 3 heterocycles. The van der Waals surface area contributed by atoms with Crippen LogP contribution in [0.2, 0.25) is 0 Å². The average Bonchev–Trinajstić information content (AvgIpc) is 3.94. The highest BCUT2D eigenvalue weighted by molar-refractivity contribution is 6.21. The Morgan fingerprint density at radius 2 is 0.933 bits per heavy atom. The molecule has 4 nitrogen and oxygen atoms in total. The van der Waals surface area contributed by atoms with Gasteiger partial charge in [-0.3, -0.25) is 4.57 Å². The molecule has 10 aromatic carbocycles. The van der Waals surface area contributed by atoms with Crippen LogP contribution in [0.1, 0.15) is 0 Å². The minimum atomic E-state index is 0.823. The summed E-state index contributed by atoms with van der Waals surface area (Å²) in [7, 11) is 0. The zero-order chi connectivity index (χ0) is 39.1. The largest absolute Gasteiger partial charge is 0.309 e. The Kier molecular flexibility index (Phi) is 6.26. The lowest BCUT2D eigenvalue weighted by Gasteiger charge is -2.16. The number of rotatable bonds is 3. The summed E-state index contributed by atoms with van der Waals surface area (Å²) >= 11 is 0. The summed E-state index contributed by atoms with van der Waals surface area (Å²) in [4.78, 5) is 11.0. The van der Waals surface area contributed by atoms with Crippen molar-refractivity contribution < 1.29 is 0 Å².